The lowest BCUT2D eigenvalue weighted by Gasteiger charge is -2.30. The van der Waals surface area contributed by atoms with Gasteiger partial charge in [-0.15, -0.1) is 0 Å². The maximum absolute atomic E-state index is 12.3. The number of hydrogen-bond acceptors (Lipinski definition) is 6. The third kappa shape index (κ3) is 5.24. The number of nitriles is 1. The molecule has 0 aliphatic carbocycles. The number of benzene rings is 1. The lowest BCUT2D eigenvalue weighted by atomic mass is 9.98. The normalized spacial score (nSPS) is 17.5. The molecule has 25 heavy (non-hydrogen) atoms. The number of anilines is 2. The summed E-state index contributed by atoms with van der Waals surface area (Å²) in [4.78, 5) is 26.0. The van der Waals surface area contributed by atoms with E-state index in [2.05, 4.69) is 5.32 Å². The fourth-order valence-corrected chi connectivity index (χ4v) is 2.66. The highest BCUT2D eigenvalue weighted by molar-refractivity contribution is 6.06. The van der Waals surface area contributed by atoms with Crippen LogP contribution >= 0.6 is 0 Å². The molecule has 1 unspecified atom stereocenters. The predicted octanol–water partition coefficient (Wildman–Crippen LogP) is 1.89. The van der Waals surface area contributed by atoms with Gasteiger partial charge in [-0.3, -0.25) is 9.59 Å². The highest BCUT2D eigenvalue weighted by Gasteiger charge is 2.26. The second-order valence-corrected chi connectivity index (χ2v) is 5.82. The fraction of sp³-hybridized carbons (Fsp3) is 0.389. The van der Waals surface area contributed by atoms with Gasteiger partial charge in [0.1, 0.15) is 11.6 Å². The van der Waals surface area contributed by atoms with Crippen LogP contribution in [0.25, 0.3) is 0 Å². The average Bonchev–Trinajstić information content (AvgIpc) is 2.62. The van der Waals surface area contributed by atoms with Gasteiger partial charge in [0.15, 0.2) is 0 Å². The van der Waals surface area contributed by atoms with Gasteiger partial charge in [0.25, 0.3) is 5.91 Å². The van der Waals surface area contributed by atoms with Crippen LogP contribution in [0.2, 0.25) is 0 Å². The first-order valence-electron chi connectivity index (χ1n) is 8.23. The maximum Gasteiger partial charge on any atom is 0.310 e. The van der Waals surface area contributed by atoms with Crippen LogP contribution in [0.15, 0.2) is 36.0 Å². The van der Waals surface area contributed by atoms with E-state index < -0.39 is 5.91 Å². The third-order valence-electron chi connectivity index (χ3n) is 3.92. The average molecular weight is 342 g/mol. The number of ether oxygens (including phenoxy) is 1. The minimum absolute atomic E-state index is 0.0127. The quantitative estimate of drug-likeness (QED) is 0.366. The molecule has 1 heterocycles. The Morgan fingerprint density at radius 2 is 2.16 bits per heavy atom. The van der Waals surface area contributed by atoms with E-state index in [4.69, 9.17) is 10.5 Å². The molecule has 1 aromatic carbocycles. The summed E-state index contributed by atoms with van der Waals surface area (Å²) in [6, 6.07) is 8.58. The van der Waals surface area contributed by atoms with Crippen molar-refractivity contribution in [2.75, 3.05) is 30.7 Å². The monoisotopic (exact) mass is 342 g/mol. The molecular formula is C18H22N4O3. The number of carbonyl (C=O) groups excluding carboxylic acids is 2. The Morgan fingerprint density at radius 3 is 2.80 bits per heavy atom. The van der Waals surface area contributed by atoms with Crippen molar-refractivity contribution in [1.82, 2.24) is 4.90 Å². The summed E-state index contributed by atoms with van der Waals surface area (Å²) in [6.45, 7) is 3.25. The molecule has 0 spiro atoms. The molecule has 3 N–H and O–H groups in total. The summed E-state index contributed by atoms with van der Waals surface area (Å²) >= 11 is 0. The zero-order valence-electron chi connectivity index (χ0n) is 14.2. The summed E-state index contributed by atoms with van der Waals surface area (Å²) in [6.07, 6.45) is 3.07. The van der Waals surface area contributed by atoms with E-state index in [1.54, 1.807) is 31.2 Å². The SMILES string of the molecule is CCOC(=O)C1CCCN(/C=C(/C#N)C(=O)Nc2ccc(N)cc2)C1. The van der Waals surface area contributed by atoms with E-state index in [0.29, 0.717) is 31.1 Å². The van der Waals surface area contributed by atoms with Crippen molar-refractivity contribution < 1.29 is 14.3 Å². The minimum atomic E-state index is -0.495. The van der Waals surface area contributed by atoms with Crippen LogP contribution in [-0.2, 0) is 14.3 Å². The van der Waals surface area contributed by atoms with Crippen LogP contribution in [0.4, 0.5) is 11.4 Å². The fourth-order valence-electron chi connectivity index (χ4n) is 2.66. The van der Waals surface area contributed by atoms with Gasteiger partial charge < -0.3 is 20.7 Å². The van der Waals surface area contributed by atoms with Gasteiger partial charge in [-0.2, -0.15) is 5.26 Å². The lowest BCUT2D eigenvalue weighted by Crippen LogP contribution is -2.37. The summed E-state index contributed by atoms with van der Waals surface area (Å²) in [5.74, 6) is -0.957. The molecular weight excluding hydrogens is 320 g/mol. The molecule has 7 nitrogen and oxygen atoms in total. The van der Waals surface area contributed by atoms with Crippen LogP contribution in [0.3, 0.4) is 0 Å². The topological polar surface area (TPSA) is 108 Å². The second kappa shape index (κ2) is 8.73. The summed E-state index contributed by atoms with van der Waals surface area (Å²) in [7, 11) is 0. The van der Waals surface area contributed by atoms with Crippen molar-refractivity contribution in [2.45, 2.75) is 19.8 Å². The summed E-state index contributed by atoms with van der Waals surface area (Å²) in [5, 5.41) is 12.0. The van der Waals surface area contributed by atoms with E-state index in [-0.39, 0.29) is 17.5 Å². The molecule has 0 radical (unpaired) electrons. The molecule has 1 saturated heterocycles. The zero-order valence-corrected chi connectivity index (χ0v) is 14.2. The van der Waals surface area contributed by atoms with Crippen molar-refractivity contribution in [2.24, 2.45) is 5.92 Å². The number of rotatable bonds is 5. The first-order valence-corrected chi connectivity index (χ1v) is 8.23. The van der Waals surface area contributed by atoms with Crippen LogP contribution in [0, 0.1) is 17.2 Å². The lowest BCUT2D eigenvalue weighted by molar-refractivity contribution is -0.149. The number of nitrogens with zero attached hydrogens (tertiary/aromatic N) is 2. The number of carbonyl (C=O) groups is 2. The zero-order chi connectivity index (χ0) is 18.2. The Hall–Kier alpha value is -3.01. The van der Waals surface area contributed by atoms with E-state index >= 15 is 0 Å². The number of likely N-dealkylation sites (tertiary alicyclic amines) is 1. The molecule has 0 aromatic heterocycles. The predicted molar refractivity (Wildman–Crippen MR) is 94.1 cm³/mol. The van der Waals surface area contributed by atoms with Crippen LogP contribution in [0.5, 0.6) is 0 Å². The minimum Gasteiger partial charge on any atom is -0.466 e. The van der Waals surface area contributed by atoms with Crippen molar-refractivity contribution in [3.63, 3.8) is 0 Å². The third-order valence-corrected chi connectivity index (χ3v) is 3.92. The number of esters is 1. The van der Waals surface area contributed by atoms with E-state index in [9.17, 15) is 14.9 Å². The van der Waals surface area contributed by atoms with Crippen molar-refractivity contribution in [3.05, 3.63) is 36.0 Å². The van der Waals surface area contributed by atoms with Crippen molar-refractivity contribution in [1.29, 1.82) is 5.26 Å². The van der Waals surface area contributed by atoms with E-state index in [1.165, 1.54) is 6.20 Å². The standard InChI is InChI=1S/C18H22N4O3/c1-2-25-18(24)13-4-3-9-22(11-13)12-14(10-19)17(23)21-16-7-5-15(20)6-8-16/h5-8,12-13H,2-4,9,11,20H2,1H3,(H,21,23)/b14-12-. The van der Waals surface area contributed by atoms with Crippen molar-refractivity contribution in [3.8, 4) is 6.07 Å². The van der Waals surface area contributed by atoms with E-state index in [1.807, 2.05) is 11.0 Å². The number of nitrogen functional groups attached to an aromatic ring is 1. The number of nitrogens with two attached hydrogens (primary N) is 1. The second-order valence-electron chi connectivity index (χ2n) is 5.82. The molecule has 1 aliphatic heterocycles. The molecule has 0 saturated carbocycles. The first-order chi connectivity index (χ1) is 12.0. The number of piperidine rings is 1. The molecule has 2 rings (SSSR count). The molecule has 1 atom stereocenters. The molecule has 0 bridgehead atoms. The first kappa shape index (κ1) is 18.3. The summed E-state index contributed by atoms with van der Waals surface area (Å²) < 4.78 is 5.06. The van der Waals surface area contributed by atoms with Gasteiger partial charge in [0, 0.05) is 30.7 Å². The van der Waals surface area contributed by atoms with Gasteiger partial charge in [-0.25, -0.2) is 0 Å². The largest absolute Gasteiger partial charge is 0.466 e. The van der Waals surface area contributed by atoms with Crippen LogP contribution < -0.4 is 11.1 Å². The summed E-state index contributed by atoms with van der Waals surface area (Å²) in [5.41, 5.74) is 6.74. The Kier molecular flexibility index (Phi) is 6.40. The molecule has 132 valence electrons. The van der Waals surface area contributed by atoms with Gasteiger partial charge in [0.2, 0.25) is 0 Å². The van der Waals surface area contributed by atoms with Gasteiger partial charge in [-0.05, 0) is 44.0 Å². The Labute approximate surface area is 147 Å². The molecule has 1 aliphatic rings. The Bertz CT molecular complexity index is 691. The number of nitrogens with one attached hydrogen (secondary N) is 1. The van der Waals surface area contributed by atoms with Gasteiger partial charge >= 0.3 is 5.97 Å². The molecule has 1 fully saturated rings. The number of amides is 1. The molecule has 1 aromatic rings. The van der Waals surface area contributed by atoms with Crippen LogP contribution in [0.1, 0.15) is 19.8 Å². The Morgan fingerprint density at radius 1 is 1.44 bits per heavy atom. The van der Waals surface area contributed by atoms with Crippen LogP contribution in [-0.4, -0.2) is 36.5 Å². The van der Waals surface area contributed by atoms with Gasteiger partial charge in [0.05, 0.1) is 12.5 Å². The maximum atomic E-state index is 12.3. The Balaban J connectivity index is 2.03. The highest BCUT2D eigenvalue weighted by Crippen LogP contribution is 2.19. The number of hydrogen-bond donors (Lipinski definition) is 2. The van der Waals surface area contributed by atoms with E-state index in [0.717, 1.165) is 12.8 Å². The highest BCUT2D eigenvalue weighted by atomic mass is 16.5. The van der Waals surface area contributed by atoms with Gasteiger partial charge in [-0.1, -0.05) is 0 Å². The molecule has 1 amide bonds. The molecule has 7 heteroatoms. The smallest absolute Gasteiger partial charge is 0.310 e. The van der Waals surface area contributed by atoms with Crippen molar-refractivity contribution >= 4 is 23.3 Å².